The summed E-state index contributed by atoms with van der Waals surface area (Å²) in [7, 11) is 0. The molecule has 3 atom stereocenters. The zero-order valence-electron chi connectivity index (χ0n) is 13.3. The lowest BCUT2D eigenvalue weighted by molar-refractivity contribution is -0.129. The number of rotatable bonds is 2. The predicted octanol–water partition coefficient (Wildman–Crippen LogP) is 1.85. The molecule has 126 valence electrons. The number of halogens is 1. The molecule has 2 N–H and O–H groups in total. The Hall–Kier alpha value is -1.10. The zero-order chi connectivity index (χ0) is 14.9. The van der Waals surface area contributed by atoms with Gasteiger partial charge >= 0.3 is 0 Å². The Bertz CT molecular complexity index is 541. The van der Waals surface area contributed by atoms with Gasteiger partial charge in [0.1, 0.15) is 0 Å². The SMILES string of the molecule is Cl.O=C(NC1Cc2ccccc2C1)[C@H]1CC[C@H]2OCCN[C@@H]2C1. The Kier molecular flexibility index (Phi) is 5.24. The number of hydrogen-bond acceptors (Lipinski definition) is 3. The van der Waals surface area contributed by atoms with E-state index in [-0.39, 0.29) is 30.3 Å². The van der Waals surface area contributed by atoms with E-state index in [1.807, 2.05) is 0 Å². The van der Waals surface area contributed by atoms with Gasteiger partial charge in [-0.25, -0.2) is 0 Å². The Labute approximate surface area is 143 Å². The second-order valence-corrected chi connectivity index (χ2v) is 6.86. The van der Waals surface area contributed by atoms with Crippen molar-refractivity contribution in [2.24, 2.45) is 5.92 Å². The largest absolute Gasteiger partial charge is 0.375 e. The number of fused-ring (bicyclic) bond motifs is 2. The third-order valence-corrected chi connectivity index (χ3v) is 5.40. The molecule has 1 saturated heterocycles. The summed E-state index contributed by atoms with van der Waals surface area (Å²) in [5.74, 6) is 0.378. The fourth-order valence-corrected chi connectivity index (χ4v) is 4.23. The van der Waals surface area contributed by atoms with Crippen LogP contribution in [0.25, 0.3) is 0 Å². The molecule has 1 aromatic rings. The first-order chi connectivity index (χ1) is 10.8. The molecule has 1 aromatic carbocycles. The minimum atomic E-state index is 0. The molecule has 3 aliphatic rings. The summed E-state index contributed by atoms with van der Waals surface area (Å²) >= 11 is 0. The third-order valence-electron chi connectivity index (χ3n) is 5.40. The standard InChI is InChI=1S/C18H24N2O2.ClH/c21-18(14-5-6-17-16(11-14)19-7-8-22-17)20-15-9-12-3-1-2-4-13(12)10-15;/h1-4,14-17,19H,5-11H2,(H,20,21);1H/t14-,16+,17+;/m0./s1. The van der Waals surface area contributed by atoms with Crippen LogP contribution in [0.4, 0.5) is 0 Å². The lowest BCUT2D eigenvalue weighted by atomic mass is 9.82. The first kappa shape index (κ1) is 16.7. The van der Waals surface area contributed by atoms with Crippen LogP contribution in [0.5, 0.6) is 0 Å². The average molecular weight is 337 g/mol. The molecule has 1 saturated carbocycles. The Morgan fingerprint density at radius 3 is 2.65 bits per heavy atom. The highest BCUT2D eigenvalue weighted by molar-refractivity contribution is 5.85. The number of hydrogen-bond donors (Lipinski definition) is 2. The van der Waals surface area contributed by atoms with Crippen molar-refractivity contribution in [2.75, 3.05) is 13.2 Å². The van der Waals surface area contributed by atoms with E-state index in [4.69, 9.17) is 4.74 Å². The van der Waals surface area contributed by atoms with Crippen molar-refractivity contribution in [3.05, 3.63) is 35.4 Å². The van der Waals surface area contributed by atoms with Crippen LogP contribution in [0.2, 0.25) is 0 Å². The van der Waals surface area contributed by atoms with E-state index >= 15 is 0 Å². The van der Waals surface area contributed by atoms with Crippen molar-refractivity contribution < 1.29 is 9.53 Å². The van der Waals surface area contributed by atoms with Crippen LogP contribution in [0.1, 0.15) is 30.4 Å². The molecule has 0 aromatic heterocycles. The zero-order valence-corrected chi connectivity index (χ0v) is 14.1. The van der Waals surface area contributed by atoms with Crippen molar-refractivity contribution in [1.29, 1.82) is 0 Å². The van der Waals surface area contributed by atoms with Crippen LogP contribution in [0.15, 0.2) is 24.3 Å². The monoisotopic (exact) mass is 336 g/mol. The van der Waals surface area contributed by atoms with E-state index in [0.29, 0.717) is 12.1 Å². The number of ether oxygens (including phenoxy) is 1. The van der Waals surface area contributed by atoms with Gasteiger partial charge in [0.15, 0.2) is 0 Å². The molecule has 1 amide bonds. The maximum atomic E-state index is 12.6. The van der Waals surface area contributed by atoms with Gasteiger partial charge in [-0.05, 0) is 43.2 Å². The molecule has 1 heterocycles. The Morgan fingerprint density at radius 1 is 1.17 bits per heavy atom. The summed E-state index contributed by atoms with van der Waals surface area (Å²) in [6.07, 6.45) is 5.13. The molecule has 0 spiro atoms. The average Bonchev–Trinajstić information content (AvgIpc) is 2.96. The molecule has 0 radical (unpaired) electrons. The van der Waals surface area contributed by atoms with Crippen molar-refractivity contribution in [3.8, 4) is 0 Å². The lowest BCUT2D eigenvalue weighted by Crippen LogP contribution is -2.53. The molecular weight excluding hydrogens is 312 g/mol. The van der Waals surface area contributed by atoms with Gasteiger partial charge in [0, 0.05) is 24.5 Å². The molecule has 23 heavy (non-hydrogen) atoms. The fraction of sp³-hybridized carbons (Fsp3) is 0.611. The lowest BCUT2D eigenvalue weighted by Gasteiger charge is -2.39. The van der Waals surface area contributed by atoms with Gasteiger partial charge in [-0.2, -0.15) is 0 Å². The predicted molar refractivity (Wildman–Crippen MR) is 91.9 cm³/mol. The Morgan fingerprint density at radius 2 is 1.91 bits per heavy atom. The van der Waals surface area contributed by atoms with Gasteiger partial charge in [0.25, 0.3) is 0 Å². The number of carbonyl (C=O) groups is 1. The van der Waals surface area contributed by atoms with Crippen LogP contribution in [-0.4, -0.2) is 37.2 Å². The minimum absolute atomic E-state index is 0. The van der Waals surface area contributed by atoms with Gasteiger partial charge in [0.2, 0.25) is 5.91 Å². The molecule has 4 rings (SSSR count). The van der Waals surface area contributed by atoms with Gasteiger partial charge < -0.3 is 15.4 Å². The van der Waals surface area contributed by atoms with Crippen LogP contribution in [0.3, 0.4) is 0 Å². The van der Waals surface area contributed by atoms with Gasteiger partial charge in [-0.15, -0.1) is 12.4 Å². The summed E-state index contributed by atoms with van der Waals surface area (Å²) in [4.78, 5) is 12.6. The summed E-state index contributed by atoms with van der Waals surface area (Å²) < 4.78 is 5.79. The van der Waals surface area contributed by atoms with Crippen molar-refractivity contribution >= 4 is 18.3 Å². The number of nitrogens with one attached hydrogen (secondary N) is 2. The topological polar surface area (TPSA) is 50.4 Å². The van der Waals surface area contributed by atoms with E-state index < -0.39 is 0 Å². The molecule has 2 aliphatic carbocycles. The van der Waals surface area contributed by atoms with E-state index in [0.717, 1.165) is 45.3 Å². The second kappa shape index (κ2) is 7.20. The van der Waals surface area contributed by atoms with E-state index in [1.165, 1.54) is 11.1 Å². The van der Waals surface area contributed by atoms with Crippen molar-refractivity contribution in [3.63, 3.8) is 0 Å². The second-order valence-electron chi connectivity index (χ2n) is 6.86. The molecule has 5 heteroatoms. The highest BCUT2D eigenvalue weighted by atomic mass is 35.5. The van der Waals surface area contributed by atoms with Crippen LogP contribution in [0, 0.1) is 5.92 Å². The first-order valence-corrected chi connectivity index (χ1v) is 8.52. The number of benzene rings is 1. The normalized spacial score (nSPS) is 30.0. The summed E-state index contributed by atoms with van der Waals surface area (Å²) in [5, 5.41) is 6.79. The highest BCUT2D eigenvalue weighted by Gasteiger charge is 2.36. The van der Waals surface area contributed by atoms with E-state index in [2.05, 4.69) is 34.9 Å². The molecule has 1 aliphatic heterocycles. The minimum Gasteiger partial charge on any atom is -0.375 e. The number of carbonyl (C=O) groups excluding carboxylic acids is 1. The summed E-state index contributed by atoms with van der Waals surface area (Å²) in [6, 6.07) is 9.15. The maximum Gasteiger partial charge on any atom is 0.223 e. The van der Waals surface area contributed by atoms with Gasteiger partial charge in [-0.1, -0.05) is 24.3 Å². The number of morpholine rings is 1. The smallest absolute Gasteiger partial charge is 0.223 e. The van der Waals surface area contributed by atoms with Crippen LogP contribution in [-0.2, 0) is 22.4 Å². The first-order valence-electron chi connectivity index (χ1n) is 8.52. The molecule has 0 bridgehead atoms. The van der Waals surface area contributed by atoms with Crippen molar-refractivity contribution in [1.82, 2.24) is 10.6 Å². The Balaban J connectivity index is 0.00000156. The number of amides is 1. The van der Waals surface area contributed by atoms with Crippen LogP contribution >= 0.6 is 12.4 Å². The summed E-state index contributed by atoms with van der Waals surface area (Å²) in [6.45, 7) is 1.71. The quantitative estimate of drug-likeness (QED) is 0.866. The highest BCUT2D eigenvalue weighted by Crippen LogP contribution is 2.29. The van der Waals surface area contributed by atoms with Crippen molar-refractivity contribution in [2.45, 2.75) is 50.3 Å². The van der Waals surface area contributed by atoms with Gasteiger partial charge in [0.05, 0.1) is 12.7 Å². The molecule has 2 fully saturated rings. The molecule has 4 nitrogen and oxygen atoms in total. The van der Waals surface area contributed by atoms with Crippen LogP contribution < -0.4 is 10.6 Å². The molecule has 0 unspecified atom stereocenters. The van der Waals surface area contributed by atoms with Gasteiger partial charge in [-0.3, -0.25) is 4.79 Å². The van der Waals surface area contributed by atoms with E-state index in [9.17, 15) is 4.79 Å². The fourth-order valence-electron chi connectivity index (χ4n) is 4.23. The molecular formula is C18H25ClN2O2. The third kappa shape index (κ3) is 3.54. The maximum absolute atomic E-state index is 12.6. The summed E-state index contributed by atoms with van der Waals surface area (Å²) in [5.41, 5.74) is 2.78. The van der Waals surface area contributed by atoms with E-state index in [1.54, 1.807) is 0 Å².